The number of nitrogens with one attached hydrogen (secondary N) is 2. The third-order valence-corrected chi connectivity index (χ3v) is 6.26. The molecular weight excluding hydrogens is 416 g/mol. The molecule has 0 amide bonds. The largest absolute Gasteiger partial charge is 0.495 e. The van der Waals surface area contributed by atoms with Gasteiger partial charge >= 0.3 is 0 Å². The van der Waals surface area contributed by atoms with E-state index in [9.17, 15) is 0 Å². The number of nitrogens with zero attached hydrogens (tertiary/aromatic N) is 6. The molecule has 0 saturated carbocycles. The van der Waals surface area contributed by atoms with Crippen molar-refractivity contribution in [2.75, 3.05) is 45.2 Å². The second kappa shape index (κ2) is 7.86. The predicted octanol–water partition coefficient (Wildman–Crippen LogP) is 3.32. The van der Waals surface area contributed by atoms with Gasteiger partial charge in [-0.05, 0) is 37.4 Å². The Morgan fingerprint density at radius 3 is 2.76 bits per heavy atom. The van der Waals surface area contributed by atoms with E-state index in [-0.39, 0.29) is 0 Å². The van der Waals surface area contributed by atoms with E-state index in [1.54, 1.807) is 19.5 Å². The van der Waals surface area contributed by atoms with Crippen molar-refractivity contribution < 1.29 is 4.74 Å². The number of pyridine rings is 3. The molecule has 1 saturated heterocycles. The molecule has 0 unspecified atom stereocenters. The van der Waals surface area contributed by atoms with Crippen LogP contribution in [0.1, 0.15) is 0 Å². The van der Waals surface area contributed by atoms with E-state index in [0.717, 1.165) is 70.9 Å². The lowest BCUT2D eigenvalue weighted by Gasteiger charge is -2.34. The van der Waals surface area contributed by atoms with E-state index in [1.807, 2.05) is 24.4 Å². The van der Waals surface area contributed by atoms with Crippen LogP contribution in [-0.2, 0) is 0 Å². The molecule has 1 aliphatic heterocycles. The topological polar surface area (TPSA) is 98.9 Å². The fourth-order valence-electron chi connectivity index (χ4n) is 4.38. The Morgan fingerprint density at radius 1 is 1.03 bits per heavy atom. The van der Waals surface area contributed by atoms with Gasteiger partial charge in [0.15, 0.2) is 0 Å². The van der Waals surface area contributed by atoms with Gasteiger partial charge in [-0.1, -0.05) is 0 Å². The molecule has 1 aliphatic rings. The number of H-pyrrole nitrogens is 2. The van der Waals surface area contributed by atoms with Gasteiger partial charge in [0.25, 0.3) is 0 Å². The van der Waals surface area contributed by atoms with Crippen LogP contribution in [0.25, 0.3) is 44.7 Å². The standard InChI is InChI=1S/C24H24N8O/c1-31-7-9-32(10-8-31)21-5-6-26-24-17(21)12-20(28-24)23-22-19(29-30-23)4-3-18(27-22)15-11-16(33-2)14-25-13-15/h3-6,11-14H,7-10H2,1-2H3,(H,26,28)(H,29,30). The molecule has 6 heterocycles. The number of rotatable bonds is 4. The number of ether oxygens (including phenoxy) is 1. The zero-order valence-electron chi connectivity index (χ0n) is 18.5. The molecule has 0 aliphatic carbocycles. The van der Waals surface area contributed by atoms with Gasteiger partial charge in [-0.2, -0.15) is 5.10 Å². The minimum absolute atomic E-state index is 0.694. The van der Waals surface area contributed by atoms with Crippen LogP contribution >= 0.6 is 0 Å². The number of likely N-dealkylation sites (N-methyl/N-ethyl adjacent to an activating group) is 1. The van der Waals surface area contributed by atoms with Crippen LogP contribution < -0.4 is 9.64 Å². The quantitative estimate of drug-likeness (QED) is 0.442. The number of aromatic nitrogens is 6. The zero-order valence-corrected chi connectivity index (χ0v) is 18.5. The smallest absolute Gasteiger partial charge is 0.139 e. The van der Waals surface area contributed by atoms with Crippen molar-refractivity contribution in [3.05, 3.63) is 48.9 Å². The Morgan fingerprint density at radius 2 is 1.91 bits per heavy atom. The van der Waals surface area contributed by atoms with Crippen LogP contribution in [0.2, 0.25) is 0 Å². The Labute approximate surface area is 190 Å². The maximum atomic E-state index is 5.32. The highest BCUT2D eigenvalue weighted by Gasteiger charge is 2.20. The van der Waals surface area contributed by atoms with Gasteiger partial charge in [0.2, 0.25) is 0 Å². The summed E-state index contributed by atoms with van der Waals surface area (Å²) in [7, 11) is 3.80. The van der Waals surface area contributed by atoms with Crippen LogP contribution in [0.15, 0.2) is 48.9 Å². The average Bonchev–Trinajstić information content (AvgIpc) is 3.48. The molecule has 1 fully saturated rings. The summed E-state index contributed by atoms with van der Waals surface area (Å²) in [6.45, 7) is 4.11. The van der Waals surface area contributed by atoms with Crippen LogP contribution in [0.3, 0.4) is 0 Å². The summed E-state index contributed by atoms with van der Waals surface area (Å²) < 4.78 is 5.32. The lowest BCUT2D eigenvalue weighted by molar-refractivity contribution is 0.313. The number of methoxy groups -OCH3 is 1. The fourth-order valence-corrected chi connectivity index (χ4v) is 4.38. The van der Waals surface area contributed by atoms with Crippen molar-refractivity contribution in [3.63, 3.8) is 0 Å². The van der Waals surface area contributed by atoms with E-state index in [0.29, 0.717) is 5.75 Å². The molecule has 0 aromatic carbocycles. The number of hydrogen-bond donors (Lipinski definition) is 2. The number of aromatic amines is 2. The van der Waals surface area contributed by atoms with Gasteiger partial charge < -0.3 is 19.5 Å². The molecule has 9 heteroatoms. The van der Waals surface area contributed by atoms with E-state index in [2.05, 4.69) is 54.1 Å². The minimum atomic E-state index is 0.694. The van der Waals surface area contributed by atoms with Crippen LogP contribution in [-0.4, -0.2) is 75.4 Å². The fraction of sp³-hybridized carbons (Fsp3) is 0.250. The Balaban J connectivity index is 1.43. The molecule has 0 bridgehead atoms. The van der Waals surface area contributed by atoms with Gasteiger partial charge in [0.05, 0.1) is 30.2 Å². The molecule has 0 radical (unpaired) electrons. The first-order valence-corrected chi connectivity index (χ1v) is 11.0. The number of hydrogen-bond acceptors (Lipinski definition) is 7. The van der Waals surface area contributed by atoms with Gasteiger partial charge in [0, 0.05) is 55.2 Å². The molecule has 6 rings (SSSR count). The maximum Gasteiger partial charge on any atom is 0.139 e. The number of anilines is 1. The molecule has 0 spiro atoms. The first-order valence-electron chi connectivity index (χ1n) is 11.0. The molecule has 0 atom stereocenters. The molecule has 5 aromatic heterocycles. The highest BCUT2D eigenvalue weighted by atomic mass is 16.5. The lowest BCUT2D eigenvalue weighted by Crippen LogP contribution is -2.44. The monoisotopic (exact) mass is 440 g/mol. The van der Waals surface area contributed by atoms with Crippen LogP contribution in [0.5, 0.6) is 5.75 Å². The zero-order chi connectivity index (χ0) is 22.4. The third-order valence-electron chi connectivity index (χ3n) is 6.26. The first kappa shape index (κ1) is 19.7. The van der Waals surface area contributed by atoms with Crippen molar-refractivity contribution >= 4 is 27.8 Å². The van der Waals surface area contributed by atoms with Gasteiger partial charge in [0.1, 0.15) is 22.6 Å². The second-order valence-electron chi connectivity index (χ2n) is 8.34. The summed E-state index contributed by atoms with van der Waals surface area (Å²) in [5, 5.41) is 8.78. The maximum absolute atomic E-state index is 5.32. The molecular formula is C24H24N8O. The summed E-state index contributed by atoms with van der Waals surface area (Å²) in [6.07, 6.45) is 5.33. The Hall–Kier alpha value is -3.98. The Bertz CT molecular complexity index is 1450. The van der Waals surface area contributed by atoms with Crippen molar-refractivity contribution in [1.82, 2.24) is 35.0 Å². The van der Waals surface area contributed by atoms with E-state index >= 15 is 0 Å². The normalized spacial score (nSPS) is 14.9. The van der Waals surface area contributed by atoms with Crippen LogP contribution in [0.4, 0.5) is 5.69 Å². The van der Waals surface area contributed by atoms with Crippen molar-refractivity contribution in [2.45, 2.75) is 0 Å². The van der Waals surface area contributed by atoms with Crippen molar-refractivity contribution in [2.24, 2.45) is 0 Å². The Kier molecular flexibility index (Phi) is 4.69. The van der Waals surface area contributed by atoms with E-state index in [1.165, 1.54) is 5.69 Å². The molecule has 33 heavy (non-hydrogen) atoms. The third kappa shape index (κ3) is 3.46. The van der Waals surface area contributed by atoms with E-state index < -0.39 is 0 Å². The minimum Gasteiger partial charge on any atom is -0.495 e. The summed E-state index contributed by atoms with van der Waals surface area (Å²) in [5.74, 6) is 0.694. The second-order valence-corrected chi connectivity index (χ2v) is 8.34. The summed E-state index contributed by atoms with van der Waals surface area (Å²) >= 11 is 0. The predicted molar refractivity (Wildman–Crippen MR) is 128 cm³/mol. The molecule has 166 valence electrons. The number of piperazine rings is 1. The summed E-state index contributed by atoms with van der Waals surface area (Å²) in [4.78, 5) is 22.0. The van der Waals surface area contributed by atoms with Gasteiger partial charge in [-0.3, -0.25) is 10.1 Å². The van der Waals surface area contributed by atoms with Gasteiger partial charge in [-0.25, -0.2) is 9.97 Å². The summed E-state index contributed by atoms with van der Waals surface area (Å²) in [5.41, 5.74) is 7.07. The van der Waals surface area contributed by atoms with Crippen molar-refractivity contribution in [3.8, 4) is 28.4 Å². The molecule has 2 N–H and O–H groups in total. The van der Waals surface area contributed by atoms with Crippen LogP contribution in [0, 0.1) is 0 Å². The SMILES string of the molecule is COc1cncc(-c2ccc3[nH]nc(-c4cc5c(N6CCN(C)CC6)ccnc5[nH]4)c3n2)c1. The first-order chi connectivity index (χ1) is 16.2. The number of fused-ring (bicyclic) bond motifs is 2. The lowest BCUT2D eigenvalue weighted by atomic mass is 10.1. The molecule has 9 nitrogen and oxygen atoms in total. The average molecular weight is 441 g/mol. The molecule has 5 aromatic rings. The highest BCUT2D eigenvalue weighted by Crippen LogP contribution is 2.33. The summed E-state index contributed by atoms with van der Waals surface area (Å²) in [6, 6.07) is 10.1. The van der Waals surface area contributed by atoms with Gasteiger partial charge in [-0.15, -0.1) is 0 Å². The van der Waals surface area contributed by atoms with Crippen molar-refractivity contribution in [1.29, 1.82) is 0 Å². The highest BCUT2D eigenvalue weighted by molar-refractivity contribution is 5.97. The van der Waals surface area contributed by atoms with E-state index in [4.69, 9.17) is 9.72 Å².